The zero-order valence-corrected chi connectivity index (χ0v) is 19.7. The van der Waals surface area contributed by atoms with Crippen LogP contribution >= 0.6 is 35.3 Å². The first kappa shape index (κ1) is 23.5. The second kappa shape index (κ2) is 12.0. The molecule has 0 saturated heterocycles. The number of thiazole rings is 1. The lowest BCUT2D eigenvalue weighted by molar-refractivity contribution is 0.311. The highest BCUT2D eigenvalue weighted by Crippen LogP contribution is 2.30. The SMILES string of the molecule is CCOc1cc(NC(=NC)NCCc2csc(C(C)C)n2)ccc1OC.I. The number of halogens is 1. The van der Waals surface area contributed by atoms with Crippen molar-refractivity contribution in [2.45, 2.75) is 33.1 Å². The maximum absolute atomic E-state index is 5.61. The van der Waals surface area contributed by atoms with Crippen molar-refractivity contribution in [1.29, 1.82) is 0 Å². The number of rotatable bonds is 8. The van der Waals surface area contributed by atoms with Gasteiger partial charge in [0.1, 0.15) is 0 Å². The molecule has 0 bridgehead atoms. The Labute approximate surface area is 182 Å². The molecule has 0 amide bonds. The number of aliphatic imine (C=N–C) groups is 1. The molecular formula is C19H29IN4O2S. The number of nitrogens with zero attached hydrogens (tertiary/aromatic N) is 2. The fraction of sp³-hybridized carbons (Fsp3) is 0.474. The number of methoxy groups -OCH3 is 1. The quantitative estimate of drug-likeness (QED) is 0.314. The summed E-state index contributed by atoms with van der Waals surface area (Å²) in [6.07, 6.45) is 0.858. The van der Waals surface area contributed by atoms with E-state index < -0.39 is 0 Å². The average Bonchev–Trinajstić information content (AvgIpc) is 3.10. The van der Waals surface area contributed by atoms with Crippen molar-refractivity contribution >= 4 is 47.0 Å². The lowest BCUT2D eigenvalue weighted by Gasteiger charge is -2.14. The van der Waals surface area contributed by atoms with Crippen LogP contribution in [0.5, 0.6) is 11.5 Å². The molecule has 0 atom stereocenters. The van der Waals surface area contributed by atoms with Crippen molar-refractivity contribution in [3.05, 3.63) is 34.3 Å². The molecule has 1 heterocycles. The van der Waals surface area contributed by atoms with E-state index in [4.69, 9.17) is 9.47 Å². The highest BCUT2D eigenvalue weighted by Gasteiger charge is 2.08. The Kier molecular flexibility index (Phi) is 10.5. The van der Waals surface area contributed by atoms with E-state index in [0.29, 0.717) is 30.0 Å². The van der Waals surface area contributed by atoms with Gasteiger partial charge in [0.2, 0.25) is 0 Å². The van der Waals surface area contributed by atoms with Gasteiger partial charge in [-0.3, -0.25) is 4.99 Å². The third-order valence-corrected chi connectivity index (χ3v) is 4.88. The predicted octanol–water partition coefficient (Wildman–Crippen LogP) is 4.52. The number of hydrogen-bond donors (Lipinski definition) is 2. The molecule has 150 valence electrons. The van der Waals surface area contributed by atoms with Gasteiger partial charge in [-0.25, -0.2) is 4.98 Å². The summed E-state index contributed by atoms with van der Waals surface area (Å²) in [6.45, 7) is 7.62. The van der Waals surface area contributed by atoms with Gasteiger partial charge in [-0.05, 0) is 19.1 Å². The van der Waals surface area contributed by atoms with E-state index in [0.717, 1.165) is 24.3 Å². The molecule has 2 N–H and O–H groups in total. The van der Waals surface area contributed by atoms with Gasteiger partial charge in [-0.2, -0.15) is 0 Å². The molecule has 0 saturated carbocycles. The maximum Gasteiger partial charge on any atom is 0.195 e. The molecule has 0 radical (unpaired) electrons. The minimum absolute atomic E-state index is 0. The summed E-state index contributed by atoms with van der Waals surface area (Å²) in [7, 11) is 3.39. The van der Waals surface area contributed by atoms with Crippen LogP contribution in [0.1, 0.15) is 37.4 Å². The van der Waals surface area contributed by atoms with Gasteiger partial charge in [-0.15, -0.1) is 35.3 Å². The van der Waals surface area contributed by atoms with Crippen molar-refractivity contribution in [2.24, 2.45) is 4.99 Å². The standard InChI is InChI=1S/C19H28N4O2S.HI/c1-6-25-17-11-14(7-8-16(17)24-5)23-19(20-4)21-10-9-15-12-26-18(22-15)13(2)3;/h7-8,11-13H,6,9-10H2,1-5H3,(H2,20,21,23);1H. The fourth-order valence-corrected chi connectivity index (χ4v) is 3.22. The Morgan fingerprint density at radius 1 is 1.30 bits per heavy atom. The maximum atomic E-state index is 5.61. The van der Waals surface area contributed by atoms with Crippen LogP contribution in [-0.2, 0) is 6.42 Å². The number of guanidine groups is 1. The summed E-state index contributed by atoms with van der Waals surface area (Å²) in [5, 5.41) is 9.90. The summed E-state index contributed by atoms with van der Waals surface area (Å²) in [5.74, 6) is 2.60. The van der Waals surface area contributed by atoms with E-state index in [1.165, 1.54) is 5.01 Å². The molecule has 1 aromatic carbocycles. The Hall–Kier alpha value is -1.55. The summed E-state index contributed by atoms with van der Waals surface area (Å²) in [4.78, 5) is 8.93. The highest BCUT2D eigenvalue weighted by atomic mass is 127. The first-order valence-electron chi connectivity index (χ1n) is 8.80. The Balaban J connectivity index is 0.00000364. The summed E-state index contributed by atoms with van der Waals surface area (Å²) < 4.78 is 10.9. The van der Waals surface area contributed by atoms with Crippen molar-refractivity contribution in [3.8, 4) is 11.5 Å². The summed E-state index contributed by atoms with van der Waals surface area (Å²) in [6, 6.07) is 5.72. The molecule has 2 aromatic rings. The largest absolute Gasteiger partial charge is 0.493 e. The number of anilines is 1. The van der Waals surface area contributed by atoms with Crippen LogP contribution in [0.2, 0.25) is 0 Å². The molecule has 0 fully saturated rings. The Morgan fingerprint density at radius 3 is 2.67 bits per heavy atom. The molecule has 0 aliphatic heterocycles. The first-order valence-corrected chi connectivity index (χ1v) is 9.68. The van der Waals surface area contributed by atoms with Gasteiger partial charge in [0, 0.05) is 43.1 Å². The third-order valence-electron chi connectivity index (χ3n) is 3.69. The Bertz CT molecular complexity index is 734. The van der Waals surface area contributed by atoms with Gasteiger partial charge >= 0.3 is 0 Å². The van der Waals surface area contributed by atoms with E-state index in [9.17, 15) is 0 Å². The lowest BCUT2D eigenvalue weighted by atomic mass is 10.2. The molecule has 0 spiro atoms. The minimum atomic E-state index is 0. The first-order chi connectivity index (χ1) is 12.6. The van der Waals surface area contributed by atoms with E-state index in [1.54, 1.807) is 25.5 Å². The number of hydrogen-bond acceptors (Lipinski definition) is 5. The number of benzene rings is 1. The van der Waals surface area contributed by atoms with Crippen molar-refractivity contribution in [2.75, 3.05) is 32.6 Å². The van der Waals surface area contributed by atoms with E-state index in [2.05, 4.69) is 39.8 Å². The van der Waals surface area contributed by atoms with Crippen LogP contribution < -0.4 is 20.1 Å². The molecular weight excluding hydrogens is 475 g/mol. The van der Waals surface area contributed by atoms with E-state index >= 15 is 0 Å². The van der Waals surface area contributed by atoms with Crippen molar-refractivity contribution in [1.82, 2.24) is 10.3 Å². The van der Waals surface area contributed by atoms with Gasteiger partial charge in [0.05, 0.1) is 24.4 Å². The lowest BCUT2D eigenvalue weighted by Crippen LogP contribution is -2.32. The average molecular weight is 504 g/mol. The molecule has 6 nitrogen and oxygen atoms in total. The molecule has 0 aliphatic carbocycles. The second-order valence-electron chi connectivity index (χ2n) is 6.00. The van der Waals surface area contributed by atoms with Crippen LogP contribution in [0.25, 0.3) is 0 Å². The van der Waals surface area contributed by atoms with Crippen LogP contribution in [0.15, 0.2) is 28.6 Å². The topological polar surface area (TPSA) is 67.8 Å². The fourth-order valence-electron chi connectivity index (χ4n) is 2.35. The van der Waals surface area contributed by atoms with Crippen LogP contribution in [-0.4, -0.2) is 38.3 Å². The van der Waals surface area contributed by atoms with Gasteiger partial charge < -0.3 is 20.1 Å². The van der Waals surface area contributed by atoms with Crippen LogP contribution in [0.4, 0.5) is 5.69 Å². The number of nitrogens with one attached hydrogen (secondary N) is 2. The predicted molar refractivity (Wildman–Crippen MR) is 124 cm³/mol. The normalized spacial score (nSPS) is 11.1. The van der Waals surface area contributed by atoms with Gasteiger partial charge in [0.25, 0.3) is 0 Å². The van der Waals surface area contributed by atoms with Crippen LogP contribution in [0.3, 0.4) is 0 Å². The van der Waals surface area contributed by atoms with Crippen molar-refractivity contribution in [3.63, 3.8) is 0 Å². The molecule has 1 aromatic heterocycles. The van der Waals surface area contributed by atoms with E-state index in [-0.39, 0.29) is 24.0 Å². The molecule has 0 aliphatic rings. The summed E-state index contributed by atoms with van der Waals surface area (Å²) >= 11 is 1.72. The summed E-state index contributed by atoms with van der Waals surface area (Å²) in [5.41, 5.74) is 2.00. The number of aromatic nitrogens is 1. The van der Waals surface area contributed by atoms with Gasteiger partial charge in [0.15, 0.2) is 17.5 Å². The molecule has 27 heavy (non-hydrogen) atoms. The minimum Gasteiger partial charge on any atom is -0.493 e. The molecule has 0 unspecified atom stereocenters. The Morgan fingerprint density at radius 2 is 2.07 bits per heavy atom. The van der Waals surface area contributed by atoms with Crippen LogP contribution in [0, 0.1) is 0 Å². The van der Waals surface area contributed by atoms with E-state index in [1.807, 2.05) is 25.1 Å². The third kappa shape index (κ3) is 7.17. The second-order valence-corrected chi connectivity index (χ2v) is 6.89. The monoisotopic (exact) mass is 504 g/mol. The van der Waals surface area contributed by atoms with Crippen molar-refractivity contribution < 1.29 is 9.47 Å². The zero-order chi connectivity index (χ0) is 18.9. The number of ether oxygens (including phenoxy) is 2. The smallest absolute Gasteiger partial charge is 0.195 e. The zero-order valence-electron chi connectivity index (χ0n) is 16.5. The highest BCUT2D eigenvalue weighted by molar-refractivity contribution is 14.0. The molecule has 8 heteroatoms. The van der Waals surface area contributed by atoms with Gasteiger partial charge in [-0.1, -0.05) is 13.8 Å². The molecule has 2 rings (SSSR count).